The van der Waals surface area contributed by atoms with Crippen LogP contribution in [0.3, 0.4) is 0 Å². The fourth-order valence-corrected chi connectivity index (χ4v) is 1.56. The van der Waals surface area contributed by atoms with Gasteiger partial charge in [0.05, 0.1) is 23.8 Å². The summed E-state index contributed by atoms with van der Waals surface area (Å²) in [6.45, 7) is 0.541. The Hall–Kier alpha value is -2.29. The smallest absolute Gasteiger partial charge is 0.313 e. The predicted molar refractivity (Wildman–Crippen MR) is 70.8 cm³/mol. The number of benzene rings is 1. The molecule has 0 atom stereocenters. The van der Waals surface area contributed by atoms with Gasteiger partial charge in [0, 0.05) is 19.0 Å². The number of terminal acetylenes is 1. The highest BCUT2D eigenvalue weighted by Crippen LogP contribution is 2.32. The molecule has 1 N–H and O–H groups in total. The number of nitro benzene ring substituents is 1. The molecule has 102 valence electrons. The first-order valence-corrected chi connectivity index (χ1v) is 5.79. The second-order valence-electron chi connectivity index (χ2n) is 3.85. The van der Waals surface area contributed by atoms with Crippen molar-refractivity contribution in [2.24, 2.45) is 0 Å². The molecule has 0 saturated carbocycles. The van der Waals surface area contributed by atoms with Crippen LogP contribution in [0.2, 0.25) is 0 Å². The highest BCUT2D eigenvalue weighted by atomic mass is 19.1. The molecule has 0 fully saturated rings. The number of nitro groups is 1. The Morgan fingerprint density at radius 1 is 1.53 bits per heavy atom. The van der Waals surface area contributed by atoms with Crippen LogP contribution in [0.5, 0.6) is 5.75 Å². The minimum absolute atomic E-state index is 0.0255. The number of hydrogen-bond acceptors (Lipinski definition) is 4. The molecule has 0 aliphatic carbocycles. The summed E-state index contributed by atoms with van der Waals surface area (Å²) < 4.78 is 18.5. The van der Waals surface area contributed by atoms with Crippen molar-refractivity contribution in [1.29, 1.82) is 0 Å². The standard InChI is InChI=1S/C13H15FN2O3/c1-3-4-5-6-7-15-11-9-13(19-2)12(16(17)18)8-10(11)14/h1,8-9,15H,4-7H2,2H3. The van der Waals surface area contributed by atoms with Gasteiger partial charge in [0.1, 0.15) is 0 Å². The Labute approximate surface area is 110 Å². The number of anilines is 1. The summed E-state index contributed by atoms with van der Waals surface area (Å²) in [7, 11) is 1.30. The van der Waals surface area contributed by atoms with E-state index in [4.69, 9.17) is 11.2 Å². The molecule has 0 bridgehead atoms. The summed E-state index contributed by atoms with van der Waals surface area (Å²) >= 11 is 0. The first-order chi connectivity index (χ1) is 9.10. The van der Waals surface area contributed by atoms with Gasteiger partial charge in [0.15, 0.2) is 11.6 Å². The van der Waals surface area contributed by atoms with Crippen molar-refractivity contribution in [2.75, 3.05) is 19.0 Å². The van der Waals surface area contributed by atoms with Crippen molar-refractivity contribution in [1.82, 2.24) is 0 Å². The van der Waals surface area contributed by atoms with Crippen LogP contribution in [0.4, 0.5) is 15.8 Å². The molecule has 0 radical (unpaired) electrons. The lowest BCUT2D eigenvalue weighted by molar-refractivity contribution is -0.385. The van der Waals surface area contributed by atoms with Gasteiger partial charge in [-0.1, -0.05) is 0 Å². The lowest BCUT2D eigenvalue weighted by atomic mass is 10.2. The number of nitrogens with one attached hydrogen (secondary N) is 1. The Kier molecular flexibility index (Phi) is 5.61. The molecular formula is C13H15FN2O3. The maximum absolute atomic E-state index is 13.6. The van der Waals surface area contributed by atoms with Crippen LogP contribution in [0.25, 0.3) is 0 Å². The number of halogens is 1. The number of unbranched alkanes of at least 4 members (excludes halogenated alkanes) is 2. The van der Waals surface area contributed by atoms with Crippen molar-refractivity contribution in [3.63, 3.8) is 0 Å². The number of ether oxygens (including phenoxy) is 1. The van der Waals surface area contributed by atoms with E-state index in [-0.39, 0.29) is 11.4 Å². The van der Waals surface area contributed by atoms with E-state index >= 15 is 0 Å². The fraction of sp³-hybridized carbons (Fsp3) is 0.385. The normalized spacial score (nSPS) is 9.74. The first-order valence-electron chi connectivity index (χ1n) is 5.79. The zero-order valence-corrected chi connectivity index (χ0v) is 10.6. The maximum Gasteiger partial charge on any atom is 0.313 e. The Bertz CT molecular complexity index is 497. The molecule has 19 heavy (non-hydrogen) atoms. The van der Waals surface area contributed by atoms with Crippen LogP contribution in [-0.2, 0) is 0 Å². The van der Waals surface area contributed by atoms with Gasteiger partial charge >= 0.3 is 5.69 Å². The molecule has 1 aromatic rings. The molecule has 0 unspecified atom stereocenters. The Balaban J connectivity index is 2.74. The van der Waals surface area contributed by atoms with E-state index in [0.29, 0.717) is 13.0 Å². The van der Waals surface area contributed by atoms with Gasteiger partial charge in [0.25, 0.3) is 0 Å². The molecule has 6 heteroatoms. The van der Waals surface area contributed by atoms with E-state index in [9.17, 15) is 14.5 Å². The van der Waals surface area contributed by atoms with Gasteiger partial charge in [-0.2, -0.15) is 0 Å². The van der Waals surface area contributed by atoms with Crippen LogP contribution in [0.1, 0.15) is 19.3 Å². The summed E-state index contributed by atoms with van der Waals surface area (Å²) in [5.41, 5.74) is -0.207. The topological polar surface area (TPSA) is 64.4 Å². The summed E-state index contributed by atoms with van der Waals surface area (Å²) in [4.78, 5) is 10.0. The lowest BCUT2D eigenvalue weighted by Gasteiger charge is -2.09. The molecule has 0 amide bonds. The summed E-state index contributed by atoms with van der Waals surface area (Å²) in [6.07, 6.45) is 7.43. The van der Waals surface area contributed by atoms with E-state index in [0.717, 1.165) is 18.9 Å². The van der Waals surface area contributed by atoms with Crippen LogP contribution >= 0.6 is 0 Å². The third kappa shape index (κ3) is 4.14. The minimum Gasteiger partial charge on any atom is -0.490 e. The second kappa shape index (κ2) is 7.21. The predicted octanol–water partition coefficient (Wildman–Crippen LogP) is 2.96. The summed E-state index contributed by atoms with van der Waals surface area (Å²) in [5, 5.41) is 13.6. The lowest BCUT2D eigenvalue weighted by Crippen LogP contribution is -2.05. The van der Waals surface area contributed by atoms with E-state index in [1.165, 1.54) is 13.2 Å². The Morgan fingerprint density at radius 2 is 2.26 bits per heavy atom. The van der Waals surface area contributed by atoms with E-state index in [1.807, 2.05) is 0 Å². The number of nitrogens with zero attached hydrogens (tertiary/aromatic N) is 1. The third-order valence-electron chi connectivity index (χ3n) is 2.53. The molecule has 0 aromatic heterocycles. The number of rotatable bonds is 7. The van der Waals surface area contributed by atoms with Crippen molar-refractivity contribution < 1.29 is 14.1 Å². The quantitative estimate of drug-likeness (QED) is 0.356. The zero-order valence-electron chi connectivity index (χ0n) is 10.6. The van der Waals surface area contributed by atoms with Crippen molar-refractivity contribution in [3.05, 3.63) is 28.1 Å². The van der Waals surface area contributed by atoms with Gasteiger partial charge in [-0.05, 0) is 12.8 Å². The van der Waals surface area contributed by atoms with E-state index < -0.39 is 16.4 Å². The molecule has 0 spiro atoms. The van der Waals surface area contributed by atoms with Gasteiger partial charge in [-0.25, -0.2) is 4.39 Å². The monoisotopic (exact) mass is 266 g/mol. The molecule has 5 nitrogen and oxygen atoms in total. The van der Waals surface area contributed by atoms with Crippen LogP contribution in [-0.4, -0.2) is 18.6 Å². The van der Waals surface area contributed by atoms with Crippen molar-refractivity contribution in [3.8, 4) is 18.1 Å². The molecular weight excluding hydrogens is 251 g/mol. The van der Waals surface area contributed by atoms with Gasteiger partial charge < -0.3 is 10.1 Å². The van der Waals surface area contributed by atoms with Crippen molar-refractivity contribution in [2.45, 2.75) is 19.3 Å². The maximum atomic E-state index is 13.6. The van der Waals surface area contributed by atoms with Gasteiger partial charge in [-0.15, -0.1) is 12.3 Å². The zero-order chi connectivity index (χ0) is 14.3. The van der Waals surface area contributed by atoms with Crippen LogP contribution in [0, 0.1) is 28.3 Å². The fourth-order valence-electron chi connectivity index (χ4n) is 1.56. The highest BCUT2D eigenvalue weighted by molar-refractivity contribution is 5.59. The number of methoxy groups -OCH3 is 1. The second-order valence-corrected chi connectivity index (χ2v) is 3.85. The largest absolute Gasteiger partial charge is 0.490 e. The average molecular weight is 266 g/mol. The van der Waals surface area contributed by atoms with Gasteiger partial charge in [0.2, 0.25) is 0 Å². The SMILES string of the molecule is C#CCCCCNc1cc(OC)c([N+](=O)[O-])cc1F. The average Bonchev–Trinajstić information content (AvgIpc) is 2.39. The van der Waals surface area contributed by atoms with Gasteiger partial charge in [-0.3, -0.25) is 10.1 Å². The summed E-state index contributed by atoms with van der Waals surface area (Å²) in [6, 6.07) is 2.14. The van der Waals surface area contributed by atoms with E-state index in [1.54, 1.807) is 0 Å². The first kappa shape index (κ1) is 14.8. The van der Waals surface area contributed by atoms with E-state index in [2.05, 4.69) is 11.2 Å². The molecule has 0 aliphatic heterocycles. The molecule has 0 aliphatic rings. The Morgan fingerprint density at radius 3 is 2.84 bits per heavy atom. The minimum atomic E-state index is -0.682. The molecule has 0 heterocycles. The molecule has 1 rings (SSSR count). The van der Waals surface area contributed by atoms with Crippen molar-refractivity contribution >= 4 is 11.4 Å². The van der Waals surface area contributed by atoms with Crippen LogP contribution in [0.15, 0.2) is 12.1 Å². The summed E-state index contributed by atoms with van der Waals surface area (Å²) in [5.74, 6) is 1.87. The van der Waals surface area contributed by atoms with Crippen LogP contribution < -0.4 is 10.1 Å². The molecule has 0 saturated heterocycles. The third-order valence-corrected chi connectivity index (χ3v) is 2.53. The number of hydrogen-bond donors (Lipinski definition) is 1. The highest BCUT2D eigenvalue weighted by Gasteiger charge is 2.18. The molecule has 1 aromatic carbocycles.